The van der Waals surface area contributed by atoms with Crippen molar-refractivity contribution in [2.24, 2.45) is 52.3 Å². The van der Waals surface area contributed by atoms with E-state index in [2.05, 4.69) is 39.9 Å². The van der Waals surface area contributed by atoms with Crippen molar-refractivity contribution in [2.75, 3.05) is 13.1 Å². The van der Waals surface area contributed by atoms with Gasteiger partial charge in [-0.05, 0) is 117 Å². The van der Waals surface area contributed by atoms with E-state index in [0.29, 0.717) is 10.8 Å². The van der Waals surface area contributed by atoms with E-state index in [-0.39, 0.29) is 0 Å². The van der Waals surface area contributed by atoms with Gasteiger partial charge >= 0.3 is 0 Å². The fourth-order valence-corrected chi connectivity index (χ4v) is 9.18. The summed E-state index contributed by atoms with van der Waals surface area (Å²) in [7, 11) is 0. The third-order valence-corrected chi connectivity index (χ3v) is 10.8. The monoisotopic (exact) mass is 387 g/mol. The van der Waals surface area contributed by atoms with Gasteiger partial charge in [0.25, 0.3) is 0 Å². The molecule has 0 radical (unpaired) electrons. The van der Waals surface area contributed by atoms with Gasteiger partial charge in [-0.2, -0.15) is 0 Å². The van der Waals surface area contributed by atoms with Crippen LogP contribution in [0.5, 0.6) is 0 Å². The molecule has 1 nitrogen and oxygen atoms in total. The first kappa shape index (κ1) is 21.2. The van der Waals surface area contributed by atoms with Crippen LogP contribution in [-0.2, 0) is 0 Å². The molecule has 1 saturated heterocycles. The van der Waals surface area contributed by atoms with Gasteiger partial charge < -0.3 is 5.32 Å². The lowest BCUT2D eigenvalue weighted by Crippen LogP contribution is -2.52. The Hall–Kier alpha value is -0.0400. The number of fused-ring (bicyclic) bond motifs is 5. The Bertz CT molecular complexity index is 526. The summed E-state index contributed by atoms with van der Waals surface area (Å²) in [4.78, 5) is 0. The maximum atomic E-state index is 3.73. The Morgan fingerprint density at radius 1 is 0.786 bits per heavy atom. The molecule has 162 valence electrons. The zero-order valence-electron chi connectivity index (χ0n) is 19.7. The number of rotatable bonds is 5. The van der Waals surface area contributed by atoms with Crippen LogP contribution in [-0.4, -0.2) is 13.1 Å². The molecule has 0 aromatic heterocycles. The molecule has 1 heterocycles. The van der Waals surface area contributed by atoms with Crippen molar-refractivity contribution in [2.45, 2.75) is 105 Å². The summed E-state index contributed by atoms with van der Waals surface area (Å²) in [5.74, 6) is 6.94. The molecule has 0 aromatic carbocycles. The van der Waals surface area contributed by atoms with Crippen LogP contribution < -0.4 is 5.32 Å². The largest absolute Gasteiger partial charge is 0.317 e. The van der Waals surface area contributed by atoms with Crippen LogP contribution in [0.4, 0.5) is 0 Å². The molecule has 3 saturated carbocycles. The van der Waals surface area contributed by atoms with Crippen LogP contribution in [0.15, 0.2) is 0 Å². The van der Waals surface area contributed by atoms with Gasteiger partial charge in [0.2, 0.25) is 0 Å². The van der Waals surface area contributed by atoms with Gasteiger partial charge in [-0.25, -0.2) is 0 Å². The number of nitrogens with one attached hydrogen (secondary N) is 1. The van der Waals surface area contributed by atoms with Crippen molar-refractivity contribution in [3.8, 4) is 0 Å². The second-order valence-electron chi connectivity index (χ2n) is 12.5. The minimum absolute atomic E-state index is 0.634. The molecular weight excluding hydrogens is 338 g/mol. The van der Waals surface area contributed by atoms with Crippen molar-refractivity contribution in [1.82, 2.24) is 5.32 Å². The first-order chi connectivity index (χ1) is 13.4. The lowest BCUT2D eigenvalue weighted by molar-refractivity contribution is -0.101. The summed E-state index contributed by atoms with van der Waals surface area (Å²) in [6.07, 6.45) is 16.5. The van der Waals surface area contributed by atoms with Crippen LogP contribution >= 0.6 is 0 Å². The topological polar surface area (TPSA) is 12.0 Å². The Kier molecular flexibility index (Phi) is 6.24. The zero-order valence-corrected chi connectivity index (χ0v) is 19.7. The van der Waals surface area contributed by atoms with Gasteiger partial charge in [0.15, 0.2) is 0 Å². The third kappa shape index (κ3) is 3.61. The minimum Gasteiger partial charge on any atom is -0.317 e. The molecule has 0 spiro atoms. The Balaban J connectivity index is 1.47. The number of hydrogen-bond donors (Lipinski definition) is 1. The van der Waals surface area contributed by atoms with Gasteiger partial charge in [-0.1, -0.05) is 53.9 Å². The van der Waals surface area contributed by atoms with E-state index in [4.69, 9.17) is 0 Å². The molecule has 4 rings (SSSR count). The fourth-order valence-electron chi connectivity index (χ4n) is 9.18. The smallest absolute Gasteiger partial charge is 0.00435 e. The van der Waals surface area contributed by atoms with Crippen molar-refractivity contribution in [3.63, 3.8) is 0 Å². The van der Waals surface area contributed by atoms with Crippen LogP contribution in [0.2, 0.25) is 0 Å². The summed E-state index contributed by atoms with van der Waals surface area (Å²) < 4.78 is 0. The van der Waals surface area contributed by atoms with Crippen molar-refractivity contribution in [3.05, 3.63) is 0 Å². The summed E-state index contributed by atoms with van der Waals surface area (Å²) in [6, 6.07) is 0. The molecule has 1 heteroatoms. The standard InChI is InChI=1S/C27H49N/c1-19(2)7-6-8-20(3)23-11-12-24-22-10-9-21-14-17-28-18-16-26(21,4)25(22)13-15-27(23,24)5/h19-25,28H,6-18H2,1-5H3/t20-,21?,22?,23?,24?,25?,26?,27?/m1/s1. The zero-order chi connectivity index (χ0) is 19.9. The van der Waals surface area contributed by atoms with E-state index in [1.54, 1.807) is 19.3 Å². The highest BCUT2D eigenvalue weighted by atomic mass is 14.9. The lowest BCUT2D eigenvalue weighted by atomic mass is 9.46. The fraction of sp³-hybridized carbons (Fsp3) is 1.00. The predicted octanol–water partition coefficient (Wildman–Crippen LogP) is 7.31. The van der Waals surface area contributed by atoms with Crippen molar-refractivity contribution in [1.29, 1.82) is 0 Å². The molecule has 3 aliphatic carbocycles. The average Bonchev–Trinajstić information content (AvgIpc) is 2.87. The summed E-state index contributed by atoms with van der Waals surface area (Å²) in [6.45, 7) is 15.4. The molecule has 0 aromatic rings. The maximum absolute atomic E-state index is 3.73. The van der Waals surface area contributed by atoms with Crippen molar-refractivity contribution >= 4 is 0 Å². The summed E-state index contributed by atoms with van der Waals surface area (Å²) in [5, 5.41) is 3.73. The van der Waals surface area contributed by atoms with Gasteiger partial charge in [-0.3, -0.25) is 0 Å². The minimum atomic E-state index is 0.634. The van der Waals surface area contributed by atoms with E-state index >= 15 is 0 Å². The van der Waals surface area contributed by atoms with Crippen LogP contribution in [0.3, 0.4) is 0 Å². The maximum Gasteiger partial charge on any atom is -0.00435 e. The highest BCUT2D eigenvalue weighted by molar-refractivity contribution is 5.09. The second-order valence-corrected chi connectivity index (χ2v) is 12.5. The average molecular weight is 388 g/mol. The predicted molar refractivity (Wildman–Crippen MR) is 121 cm³/mol. The van der Waals surface area contributed by atoms with E-state index in [1.807, 2.05) is 0 Å². The van der Waals surface area contributed by atoms with Gasteiger partial charge in [0, 0.05) is 0 Å². The van der Waals surface area contributed by atoms with Gasteiger partial charge in [-0.15, -0.1) is 0 Å². The molecule has 0 bridgehead atoms. The highest BCUT2D eigenvalue weighted by Gasteiger charge is 2.59. The highest BCUT2D eigenvalue weighted by Crippen LogP contribution is 2.67. The van der Waals surface area contributed by atoms with Gasteiger partial charge in [0.05, 0.1) is 0 Å². The molecule has 8 atom stereocenters. The molecule has 0 amide bonds. The first-order valence-corrected chi connectivity index (χ1v) is 13.1. The normalized spacial score (nSPS) is 47.1. The lowest BCUT2D eigenvalue weighted by Gasteiger charge is -2.59. The van der Waals surface area contributed by atoms with Crippen LogP contribution in [0.1, 0.15) is 105 Å². The van der Waals surface area contributed by atoms with E-state index in [9.17, 15) is 0 Å². The summed E-state index contributed by atoms with van der Waals surface area (Å²) in [5.41, 5.74) is 1.29. The van der Waals surface area contributed by atoms with Crippen molar-refractivity contribution < 1.29 is 0 Å². The Labute approximate surface area is 176 Å². The quantitative estimate of drug-likeness (QED) is 0.521. The molecule has 1 aliphatic heterocycles. The molecule has 7 unspecified atom stereocenters. The number of hydrogen-bond acceptors (Lipinski definition) is 1. The first-order valence-electron chi connectivity index (χ1n) is 13.1. The molecular formula is C27H49N. The van der Waals surface area contributed by atoms with E-state index < -0.39 is 0 Å². The molecule has 4 fully saturated rings. The van der Waals surface area contributed by atoms with E-state index in [0.717, 1.165) is 41.4 Å². The summed E-state index contributed by atoms with van der Waals surface area (Å²) >= 11 is 0. The molecule has 4 aliphatic rings. The Morgan fingerprint density at radius 2 is 1.57 bits per heavy atom. The Morgan fingerprint density at radius 3 is 2.36 bits per heavy atom. The van der Waals surface area contributed by atoms with E-state index in [1.165, 1.54) is 64.5 Å². The SMILES string of the molecule is CC(C)CCC[C@@H](C)C1CCC2C3CCC4CCNCCC4(C)C3CCC21C. The molecule has 1 N–H and O–H groups in total. The van der Waals surface area contributed by atoms with Crippen LogP contribution in [0.25, 0.3) is 0 Å². The van der Waals surface area contributed by atoms with Gasteiger partial charge in [0.1, 0.15) is 0 Å². The molecule has 28 heavy (non-hydrogen) atoms. The third-order valence-electron chi connectivity index (χ3n) is 10.8. The van der Waals surface area contributed by atoms with Crippen LogP contribution in [0, 0.1) is 52.3 Å². The second kappa shape index (κ2) is 8.24.